The van der Waals surface area contributed by atoms with Crippen LogP contribution in [0.1, 0.15) is 19.3 Å². The number of hydrogen-bond donors (Lipinski definition) is 2. The van der Waals surface area contributed by atoms with Gasteiger partial charge in [0.15, 0.2) is 0 Å². The quantitative estimate of drug-likeness (QED) is 0.816. The van der Waals surface area contributed by atoms with Crippen LogP contribution >= 0.6 is 22.6 Å². The van der Waals surface area contributed by atoms with Crippen molar-refractivity contribution in [3.63, 3.8) is 0 Å². The molecule has 5 heteroatoms. The zero-order valence-electron chi connectivity index (χ0n) is 9.73. The third-order valence-corrected chi connectivity index (χ3v) is 3.98. The highest BCUT2D eigenvalue weighted by Gasteiger charge is 2.33. The Kier molecular flexibility index (Phi) is 4.21. The molecule has 1 aliphatic carbocycles. The van der Waals surface area contributed by atoms with E-state index in [4.69, 9.17) is 5.11 Å². The molecule has 1 fully saturated rings. The van der Waals surface area contributed by atoms with Crippen molar-refractivity contribution < 1.29 is 14.7 Å². The molecule has 0 saturated heterocycles. The van der Waals surface area contributed by atoms with E-state index in [9.17, 15) is 9.59 Å². The molecule has 0 radical (unpaired) electrons. The van der Waals surface area contributed by atoms with Crippen LogP contribution in [-0.2, 0) is 9.59 Å². The number of halogens is 1. The van der Waals surface area contributed by atoms with E-state index in [0.717, 1.165) is 9.26 Å². The SMILES string of the molecule is O=C(O)[C@@H]1CC[C@H](C(=O)Nc2ccc(I)cc2)C1. The first-order valence-electron chi connectivity index (χ1n) is 5.85. The van der Waals surface area contributed by atoms with Gasteiger partial charge in [-0.15, -0.1) is 0 Å². The normalized spacial score (nSPS) is 22.7. The second-order valence-electron chi connectivity index (χ2n) is 4.54. The number of anilines is 1. The van der Waals surface area contributed by atoms with Gasteiger partial charge >= 0.3 is 5.97 Å². The van der Waals surface area contributed by atoms with Gasteiger partial charge in [-0.25, -0.2) is 0 Å². The van der Waals surface area contributed by atoms with E-state index in [-0.39, 0.29) is 17.7 Å². The summed E-state index contributed by atoms with van der Waals surface area (Å²) in [6.45, 7) is 0. The highest BCUT2D eigenvalue weighted by molar-refractivity contribution is 14.1. The first kappa shape index (κ1) is 13.3. The average Bonchev–Trinajstić information content (AvgIpc) is 2.81. The second kappa shape index (κ2) is 5.69. The van der Waals surface area contributed by atoms with Crippen LogP contribution in [-0.4, -0.2) is 17.0 Å². The van der Waals surface area contributed by atoms with Crippen molar-refractivity contribution in [2.45, 2.75) is 19.3 Å². The molecular weight excluding hydrogens is 345 g/mol. The maximum atomic E-state index is 12.0. The summed E-state index contributed by atoms with van der Waals surface area (Å²) in [6.07, 6.45) is 1.71. The minimum atomic E-state index is -0.792. The van der Waals surface area contributed by atoms with E-state index in [1.54, 1.807) is 0 Å². The molecule has 0 unspecified atom stereocenters. The van der Waals surface area contributed by atoms with Gasteiger partial charge in [0.05, 0.1) is 5.92 Å². The van der Waals surface area contributed by atoms with Gasteiger partial charge in [-0.05, 0) is 66.1 Å². The Hall–Kier alpha value is -1.11. The van der Waals surface area contributed by atoms with Crippen molar-refractivity contribution in [3.8, 4) is 0 Å². The number of amides is 1. The molecule has 2 rings (SSSR count). The molecule has 1 aromatic carbocycles. The van der Waals surface area contributed by atoms with Crippen molar-refractivity contribution in [2.75, 3.05) is 5.32 Å². The lowest BCUT2D eigenvalue weighted by molar-refractivity contribution is -0.141. The van der Waals surface area contributed by atoms with Crippen LogP contribution in [0.5, 0.6) is 0 Å². The van der Waals surface area contributed by atoms with Crippen LogP contribution in [0.4, 0.5) is 5.69 Å². The number of carbonyl (C=O) groups excluding carboxylic acids is 1. The number of rotatable bonds is 3. The Morgan fingerprint density at radius 3 is 2.33 bits per heavy atom. The highest BCUT2D eigenvalue weighted by Crippen LogP contribution is 2.31. The number of carboxylic acid groups (broad SMARTS) is 1. The molecule has 1 aromatic rings. The Morgan fingerprint density at radius 1 is 1.17 bits per heavy atom. The van der Waals surface area contributed by atoms with Gasteiger partial charge in [0.2, 0.25) is 5.91 Å². The summed E-state index contributed by atoms with van der Waals surface area (Å²) in [4.78, 5) is 22.8. The fourth-order valence-electron chi connectivity index (χ4n) is 2.22. The summed E-state index contributed by atoms with van der Waals surface area (Å²) >= 11 is 2.20. The summed E-state index contributed by atoms with van der Waals surface area (Å²) in [5, 5.41) is 11.7. The third-order valence-electron chi connectivity index (χ3n) is 3.26. The van der Waals surface area contributed by atoms with Crippen LogP contribution < -0.4 is 5.32 Å². The maximum Gasteiger partial charge on any atom is 0.306 e. The van der Waals surface area contributed by atoms with Crippen LogP contribution in [0.15, 0.2) is 24.3 Å². The van der Waals surface area contributed by atoms with Crippen LogP contribution in [0.25, 0.3) is 0 Å². The van der Waals surface area contributed by atoms with Gasteiger partial charge < -0.3 is 10.4 Å². The number of carboxylic acids is 1. The number of benzene rings is 1. The fourth-order valence-corrected chi connectivity index (χ4v) is 2.58. The standard InChI is InChI=1S/C13H14INO3/c14-10-3-5-11(6-4-10)15-12(16)8-1-2-9(7-8)13(17)18/h3-6,8-9H,1-2,7H2,(H,15,16)(H,17,18)/t8-,9+/m0/s1. The highest BCUT2D eigenvalue weighted by atomic mass is 127. The largest absolute Gasteiger partial charge is 0.481 e. The van der Waals surface area contributed by atoms with Crippen molar-refractivity contribution in [2.24, 2.45) is 11.8 Å². The van der Waals surface area contributed by atoms with Gasteiger partial charge in [0, 0.05) is 15.2 Å². The lowest BCUT2D eigenvalue weighted by atomic mass is 10.0. The lowest BCUT2D eigenvalue weighted by Crippen LogP contribution is -2.21. The van der Waals surface area contributed by atoms with E-state index in [1.807, 2.05) is 24.3 Å². The molecular formula is C13H14INO3. The smallest absolute Gasteiger partial charge is 0.306 e. The molecule has 2 N–H and O–H groups in total. The summed E-state index contributed by atoms with van der Waals surface area (Å²) < 4.78 is 1.11. The first-order valence-corrected chi connectivity index (χ1v) is 6.93. The predicted octanol–water partition coefficient (Wildman–Crippen LogP) is 2.73. The number of carbonyl (C=O) groups is 2. The molecule has 18 heavy (non-hydrogen) atoms. The van der Waals surface area contributed by atoms with E-state index in [2.05, 4.69) is 27.9 Å². The fraction of sp³-hybridized carbons (Fsp3) is 0.385. The van der Waals surface area contributed by atoms with Gasteiger partial charge in [0.1, 0.15) is 0 Å². The van der Waals surface area contributed by atoms with Gasteiger partial charge in [-0.3, -0.25) is 9.59 Å². The van der Waals surface area contributed by atoms with Crippen molar-refractivity contribution in [1.29, 1.82) is 0 Å². The zero-order chi connectivity index (χ0) is 13.1. The van der Waals surface area contributed by atoms with E-state index < -0.39 is 5.97 Å². The molecule has 0 heterocycles. The van der Waals surface area contributed by atoms with E-state index in [1.165, 1.54) is 0 Å². The summed E-state index contributed by atoms with van der Waals surface area (Å²) in [5.74, 6) is -1.40. The second-order valence-corrected chi connectivity index (χ2v) is 5.79. The molecule has 1 amide bonds. The average molecular weight is 359 g/mol. The minimum absolute atomic E-state index is 0.0695. The molecule has 1 aliphatic rings. The minimum Gasteiger partial charge on any atom is -0.481 e. The third kappa shape index (κ3) is 3.22. The van der Waals surface area contributed by atoms with Crippen molar-refractivity contribution >= 4 is 40.2 Å². The Morgan fingerprint density at radius 2 is 1.78 bits per heavy atom. The predicted molar refractivity (Wildman–Crippen MR) is 76.3 cm³/mol. The number of nitrogens with one attached hydrogen (secondary N) is 1. The molecule has 0 spiro atoms. The molecule has 96 valence electrons. The molecule has 0 aliphatic heterocycles. The van der Waals surface area contributed by atoms with E-state index in [0.29, 0.717) is 19.3 Å². The topological polar surface area (TPSA) is 66.4 Å². The van der Waals surface area contributed by atoms with Crippen molar-refractivity contribution in [1.82, 2.24) is 0 Å². The summed E-state index contributed by atoms with van der Waals surface area (Å²) in [7, 11) is 0. The zero-order valence-corrected chi connectivity index (χ0v) is 11.9. The Bertz CT molecular complexity index is 458. The van der Waals surface area contributed by atoms with E-state index >= 15 is 0 Å². The monoisotopic (exact) mass is 359 g/mol. The molecule has 0 bridgehead atoms. The van der Waals surface area contributed by atoms with Gasteiger partial charge in [0.25, 0.3) is 0 Å². The van der Waals surface area contributed by atoms with Crippen molar-refractivity contribution in [3.05, 3.63) is 27.8 Å². The molecule has 2 atom stereocenters. The van der Waals surface area contributed by atoms with Crippen LogP contribution in [0.3, 0.4) is 0 Å². The van der Waals surface area contributed by atoms with Gasteiger partial charge in [-0.1, -0.05) is 0 Å². The number of hydrogen-bond acceptors (Lipinski definition) is 2. The first-order chi connectivity index (χ1) is 8.56. The Labute approximate surface area is 119 Å². The van der Waals surface area contributed by atoms with Gasteiger partial charge in [-0.2, -0.15) is 0 Å². The molecule has 1 saturated carbocycles. The lowest BCUT2D eigenvalue weighted by Gasteiger charge is -2.10. The molecule has 0 aromatic heterocycles. The number of aliphatic carboxylic acids is 1. The molecule has 4 nitrogen and oxygen atoms in total. The summed E-state index contributed by atoms with van der Waals surface area (Å²) in [5.41, 5.74) is 0.763. The van der Waals surface area contributed by atoms with Crippen LogP contribution in [0, 0.1) is 15.4 Å². The maximum absolute atomic E-state index is 12.0. The summed E-state index contributed by atoms with van der Waals surface area (Å²) in [6, 6.07) is 7.54. The Balaban J connectivity index is 1.93. The van der Waals surface area contributed by atoms with Crippen LogP contribution in [0.2, 0.25) is 0 Å².